The van der Waals surface area contributed by atoms with Crippen LogP contribution in [0.2, 0.25) is 0 Å². The molecule has 2 aliphatic heterocycles. The van der Waals surface area contributed by atoms with E-state index in [1.807, 2.05) is 0 Å². The molecular formula is C24H33N3O2. The average Bonchev–Trinajstić information content (AvgIpc) is 3.49. The SMILES string of the molecule is CC1=CCC2=CC(OCC3CC3)=NC2C([C@H]2CC3CCCC2CC(C)(N=O)C3)=N1. The average molecular weight is 396 g/mol. The summed E-state index contributed by atoms with van der Waals surface area (Å²) in [6.45, 7) is 4.97. The van der Waals surface area contributed by atoms with E-state index in [1.165, 1.54) is 43.4 Å². The monoisotopic (exact) mass is 395 g/mol. The quantitative estimate of drug-likeness (QED) is 0.581. The number of rotatable bonds is 4. The lowest BCUT2D eigenvalue weighted by atomic mass is 9.76. The van der Waals surface area contributed by atoms with Crippen molar-refractivity contribution >= 4 is 11.6 Å². The van der Waals surface area contributed by atoms with Gasteiger partial charge in [0.25, 0.3) is 0 Å². The van der Waals surface area contributed by atoms with Gasteiger partial charge in [0.2, 0.25) is 5.90 Å². The van der Waals surface area contributed by atoms with Gasteiger partial charge >= 0.3 is 0 Å². The summed E-state index contributed by atoms with van der Waals surface area (Å²) in [6, 6.07) is 0.0256. The van der Waals surface area contributed by atoms with Gasteiger partial charge < -0.3 is 4.74 Å². The number of allylic oxidation sites excluding steroid dienone is 2. The molecule has 29 heavy (non-hydrogen) atoms. The van der Waals surface area contributed by atoms with E-state index in [1.54, 1.807) is 0 Å². The van der Waals surface area contributed by atoms with Crippen LogP contribution in [0.4, 0.5) is 0 Å². The van der Waals surface area contributed by atoms with Crippen molar-refractivity contribution in [2.45, 2.75) is 83.2 Å². The van der Waals surface area contributed by atoms with Crippen LogP contribution in [0.5, 0.6) is 0 Å². The van der Waals surface area contributed by atoms with Gasteiger partial charge in [-0.05, 0) is 82.1 Å². The maximum absolute atomic E-state index is 11.7. The van der Waals surface area contributed by atoms with Crippen LogP contribution >= 0.6 is 0 Å². The minimum absolute atomic E-state index is 0.0256. The van der Waals surface area contributed by atoms with Crippen molar-refractivity contribution in [3.8, 4) is 0 Å². The van der Waals surface area contributed by atoms with Gasteiger partial charge in [-0.15, -0.1) is 0 Å². The molecule has 0 amide bonds. The lowest BCUT2D eigenvalue weighted by Gasteiger charge is -2.31. The van der Waals surface area contributed by atoms with Crippen molar-refractivity contribution in [3.05, 3.63) is 28.3 Å². The first-order valence-corrected chi connectivity index (χ1v) is 11.5. The Kier molecular flexibility index (Phi) is 4.95. The molecule has 2 bridgehead atoms. The van der Waals surface area contributed by atoms with Gasteiger partial charge in [-0.25, -0.2) is 4.99 Å². The second-order valence-electron chi connectivity index (χ2n) is 10.3. The molecule has 0 saturated heterocycles. The van der Waals surface area contributed by atoms with Crippen LogP contribution in [-0.4, -0.2) is 29.8 Å². The lowest BCUT2D eigenvalue weighted by Crippen LogP contribution is -2.34. The molecule has 2 heterocycles. The molecule has 5 nitrogen and oxygen atoms in total. The van der Waals surface area contributed by atoms with Crippen LogP contribution in [0.25, 0.3) is 0 Å². The van der Waals surface area contributed by atoms with Gasteiger partial charge in [0.15, 0.2) is 0 Å². The third-order valence-electron chi connectivity index (χ3n) is 7.67. The number of aliphatic imine (C=N–C) groups is 2. The van der Waals surface area contributed by atoms with Crippen LogP contribution in [0.3, 0.4) is 0 Å². The Bertz CT molecular complexity index is 807. The third kappa shape index (κ3) is 3.97. The Morgan fingerprint density at radius 2 is 2.10 bits per heavy atom. The largest absolute Gasteiger partial charge is 0.478 e. The van der Waals surface area contributed by atoms with Crippen LogP contribution < -0.4 is 0 Å². The molecule has 0 aromatic rings. The van der Waals surface area contributed by atoms with Crippen molar-refractivity contribution < 1.29 is 4.74 Å². The Morgan fingerprint density at radius 1 is 1.24 bits per heavy atom. The van der Waals surface area contributed by atoms with E-state index in [0.717, 1.165) is 49.8 Å². The fourth-order valence-electron chi connectivity index (χ4n) is 6.02. The molecule has 5 heteroatoms. The second kappa shape index (κ2) is 7.48. The number of hydrogen-bond donors (Lipinski definition) is 0. The molecule has 4 unspecified atom stereocenters. The van der Waals surface area contributed by atoms with Crippen molar-refractivity contribution in [2.24, 2.45) is 38.8 Å². The number of nitrogens with zero attached hydrogens (tertiary/aromatic N) is 3. The van der Waals surface area contributed by atoms with Crippen molar-refractivity contribution in [1.82, 2.24) is 0 Å². The molecule has 3 saturated carbocycles. The summed E-state index contributed by atoms with van der Waals surface area (Å²) in [5.41, 5.74) is 3.22. The lowest BCUT2D eigenvalue weighted by molar-refractivity contribution is 0.267. The highest BCUT2D eigenvalue weighted by Crippen LogP contribution is 2.48. The van der Waals surface area contributed by atoms with E-state index < -0.39 is 5.54 Å². The third-order valence-corrected chi connectivity index (χ3v) is 7.67. The zero-order chi connectivity index (χ0) is 20.0. The van der Waals surface area contributed by atoms with E-state index in [4.69, 9.17) is 14.7 Å². The second-order valence-corrected chi connectivity index (χ2v) is 10.3. The molecule has 0 spiro atoms. The Balaban J connectivity index is 1.45. The van der Waals surface area contributed by atoms with E-state index in [-0.39, 0.29) is 6.04 Å². The van der Waals surface area contributed by atoms with E-state index in [0.29, 0.717) is 17.8 Å². The molecular weight excluding hydrogens is 362 g/mol. The van der Waals surface area contributed by atoms with Gasteiger partial charge in [0.05, 0.1) is 12.3 Å². The van der Waals surface area contributed by atoms with Crippen LogP contribution in [0.1, 0.15) is 71.6 Å². The molecule has 5 atom stereocenters. The van der Waals surface area contributed by atoms with Crippen LogP contribution in [-0.2, 0) is 4.74 Å². The Labute approximate surface area is 173 Å². The molecule has 5 rings (SSSR count). The molecule has 0 aromatic carbocycles. The van der Waals surface area contributed by atoms with E-state index in [2.05, 4.69) is 31.2 Å². The molecule has 5 aliphatic rings. The van der Waals surface area contributed by atoms with E-state index in [9.17, 15) is 4.91 Å². The summed E-state index contributed by atoms with van der Waals surface area (Å²) >= 11 is 0. The molecule has 3 aliphatic carbocycles. The predicted octanol–water partition coefficient (Wildman–Crippen LogP) is 5.61. The number of hydrogen-bond acceptors (Lipinski definition) is 5. The molecule has 0 radical (unpaired) electrons. The maximum Gasteiger partial charge on any atom is 0.209 e. The Morgan fingerprint density at radius 3 is 2.90 bits per heavy atom. The first-order chi connectivity index (χ1) is 14.0. The topological polar surface area (TPSA) is 63.4 Å². The van der Waals surface area contributed by atoms with Gasteiger partial charge in [0, 0.05) is 17.7 Å². The van der Waals surface area contributed by atoms with Crippen molar-refractivity contribution in [3.63, 3.8) is 0 Å². The summed E-state index contributed by atoms with van der Waals surface area (Å²) in [4.78, 5) is 21.8. The summed E-state index contributed by atoms with van der Waals surface area (Å²) in [7, 11) is 0. The first-order valence-electron chi connectivity index (χ1n) is 11.5. The van der Waals surface area contributed by atoms with Crippen molar-refractivity contribution in [2.75, 3.05) is 6.61 Å². The predicted molar refractivity (Wildman–Crippen MR) is 116 cm³/mol. The molecule has 3 fully saturated rings. The highest BCUT2D eigenvalue weighted by atomic mass is 16.5. The summed E-state index contributed by atoms with van der Waals surface area (Å²) < 4.78 is 6.03. The minimum atomic E-state index is -0.420. The standard InChI is InChI=1S/C24H33N3O2/c1-15-6-9-18-11-21(29-14-16-7-8-16)26-22(18)23(25-15)20-10-17-4-3-5-19(20)13-24(2,12-17)27-28/h6,11,16-17,19-20,22H,3-5,7-10,12-14H2,1-2H3/t17?,19?,20-,22?,24?/m0/s1. The fraction of sp³-hybridized carbons (Fsp3) is 0.750. The highest BCUT2D eigenvalue weighted by molar-refractivity contribution is 6.03. The van der Waals surface area contributed by atoms with Crippen molar-refractivity contribution in [1.29, 1.82) is 0 Å². The number of nitroso groups, excluding NO2 is 1. The fourth-order valence-corrected chi connectivity index (χ4v) is 6.02. The first kappa shape index (κ1) is 19.2. The van der Waals surface area contributed by atoms with Gasteiger partial charge in [-0.3, -0.25) is 4.99 Å². The minimum Gasteiger partial charge on any atom is -0.478 e. The molecule has 156 valence electrons. The summed E-state index contributed by atoms with van der Waals surface area (Å²) in [6.07, 6.45) is 14.5. The van der Waals surface area contributed by atoms with Crippen LogP contribution in [0.15, 0.2) is 38.6 Å². The Hall–Kier alpha value is -1.78. The van der Waals surface area contributed by atoms with Gasteiger partial charge in [-0.2, -0.15) is 4.91 Å². The smallest absolute Gasteiger partial charge is 0.209 e. The summed E-state index contributed by atoms with van der Waals surface area (Å²) in [5, 5.41) is 3.60. The summed E-state index contributed by atoms with van der Waals surface area (Å²) in [5.74, 6) is 2.96. The molecule has 0 N–H and O–H groups in total. The zero-order valence-electron chi connectivity index (χ0n) is 17.8. The maximum atomic E-state index is 11.7. The van der Waals surface area contributed by atoms with E-state index >= 15 is 0 Å². The van der Waals surface area contributed by atoms with Gasteiger partial charge in [0.1, 0.15) is 11.6 Å². The van der Waals surface area contributed by atoms with Gasteiger partial charge in [-0.1, -0.05) is 24.1 Å². The van der Waals surface area contributed by atoms with Crippen LogP contribution in [0, 0.1) is 28.6 Å². The number of ether oxygens (including phenoxy) is 1. The molecule has 0 aromatic heterocycles. The highest BCUT2D eigenvalue weighted by Gasteiger charge is 2.45. The zero-order valence-corrected chi connectivity index (χ0v) is 17.8. The number of fused-ring (bicyclic) bond motifs is 4. The normalized spacial score (nSPS) is 39.2.